The summed E-state index contributed by atoms with van der Waals surface area (Å²) in [5.41, 5.74) is -0.791. The van der Waals surface area contributed by atoms with Crippen LogP contribution in [0.5, 0.6) is 0 Å². The number of ether oxygens (including phenoxy) is 3. The molecular formula is C16H24O6. The van der Waals surface area contributed by atoms with Gasteiger partial charge in [-0.1, -0.05) is 27.0 Å². The third kappa shape index (κ3) is 7.61. The molecule has 0 radical (unpaired) electrons. The Bertz CT molecular complexity index is 389. The van der Waals surface area contributed by atoms with E-state index in [2.05, 4.69) is 13.2 Å². The minimum Gasteiger partial charge on any atom is -0.465 e. The third-order valence-corrected chi connectivity index (χ3v) is 3.12. The minimum absolute atomic E-state index is 0.00280. The maximum atomic E-state index is 11.5. The molecule has 0 aliphatic rings. The van der Waals surface area contributed by atoms with Gasteiger partial charge in [-0.3, -0.25) is 4.79 Å². The number of hydrogen-bond donors (Lipinski definition) is 0. The summed E-state index contributed by atoms with van der Waals surface area (Å²) in [7, 11) is 0. The van der Waals surface area contributed by atoms with E-state index in [1.54, 1.807) is 0 Å². The van der Waals surface area contributed by atoms with Crippen molar-refractivity contribution < 1.29 is 28.6 Å². The van der Waals surface area contributed by atoms with Crippen molar-refractivity contribution in [2.75, 3.05) is 19.8 Å². The van der Waals surface area contributed by atoms with Crippen molar-refractivity contribution in [1.29, 1.82) is 0 Å². The molecule has 0 atom stereocenters. The molecule has 0 amide bonds. The summed E-state index contributed by atoms with van der Waals surface area (Å²) in [4.78, 5) is 34.0. The highest BCUT2D eigenvalue weighted by atomic mass is 16.6. The molecule has 0 aliphatic heterocycles. The Hall–Kier alpha value is -2.11. The van der Waals surface area contributed by atoms with Crippen molar-refractivity contribution >= 4 is 17.9 Å². The molecule has 0 fully saturated rings. The molecule has 0 aliphatic carbocycles. The molecule has 0 saturated carbocycles. The Morgan fingerprint density at radius 2 is 1.36 bits per heavy atom. The molecule has 0 aromatic heterocycles. The molecule has 22 heavy (non-hydrogen) atoms. The number of esters is 3. The molecule has 0 bridgehead atoms. The van der Waals surface area contributed by atoms with Gasteiger partial charge in [-0.15, -0.1) is 0 Å². The van der Waals surface area contributed by atoms with Crippen molar-refractivity contribution in [3.8, 4) is 0 Å². The highest BCUT2D eigenvalue weighted by molar-refractivity contribution is 5.81. The van der Waals surface area contributed by atoms with Gasteiger partial charge in [-0.2, -0.15) is 0 Å². The maximum absolute atomic E-state index is 11.5. The van der Waals surface area contributed by atoms with Crippen LogP contribution in [0.1, 0.15) is 33.1 Å². The zero-order chi connectivity index (χ0) is 17.0. The second kappa shape index (κ2) is 10.6. The van der Waals surface area contributed by atoms with E-state index in [4.69, 9.17) is 14.2 Å². The van der Waals surface area contributed by atoms with Crippen LogP contribution in [0.3, 0.4) is 0 Å². The van der Waals surface area contributed by atoms with E-state index >= 15 is 0 Å². The second-order valence-electron chi connectivity index (χ2n) is 4.89. The first kappa shape index (κ1) is 19.9. The second-order valence-corrected chi connectivity index (χ2v) is 4.89. The van der Waals surface area contributed by atoms with Crippen molar-refractivity contribution in [3.63, 3.8) is 0 Å². The van der Waals surface area contributed by atoms with E-state index in [0.717, 1.165) is 12.2 Å². The summed E-state index contributed by atoms with van der Waals surface area (Å²) in [5, 5.41) is 0. The zero-order valence-electron chi connectivity index (χ0n) is 13.3. The lowest BCUT2D eigenvalue weighted by molar-refractivity contribution is -0.158. The van der Waals surface area contributed by atoms with Gasteiger partial charge in [0, 0.05) is 18.6 Å². The molecule has 0 unspecified atom stereocenters. The quantitative estimate of drug-likeness (QED) is 0.330. The predicted molar refractivity (Wildman–Crippen MR) is 80.9 cm³/mol. The van der Waals surface area contributed by atoms with Crippen molar-refractivity contribution in [1.82, 2.24) is 0 Å². The van der Waals surface area contributed by atoms with Gasteiger partial charge < -0.3 is 14.2 Å². The van der Waals surface area contributed by atoms with Gasteiger partial charge in [-0.05, 0) is 12.8 Å². The Morgan fingerprint density at radius 1 is 0.909 bits per heavy atom. The molecule has 0 rings (SSSR count). The van der Waals surface area contributed by atoms with Crippen LogP contribution in [-0.4, -0.2) is 37.7 Å². The summed E-state index contributed by atoms with van der Waals surface area (Å²) >= 11 is 0. The van der Waals surface area contributed by atoms with Crippen LogP contribution >= 0.6 is 0 Å². The topological polar surface area (TPSA) is 78.9 Å². The van der Waals surface area contributed by atoms with Crippen LogP contribution in [0.25, 0.3) is 0 Å². The van der Waals surface area contributed by atoms with Crippen LogP contribution in [-0.2, 0) is 28.6 Å². The monoisotopic (exact) mass is 312 g/mol. The fourth-order valence-corrected chi connectivity index (χ4v) is 1.51. The van der Waals surface area contributed by atoms with Gasteiger partial charge >= 0.3 is 17.9 Å². The van der Waals surface area contributed by atoms with E-state index in [0.29, 0.717) is 19.3 Å². The largest absolute Gasteiger partial charge is 0.465 e. The Morgan fingerprint density at radius 3 is 1.73 bits per heavy atom. The summed E-state index contributed by atoms with van der Waals surface area (Å²) in [6.45, 7) is 10.2. The Labute approximate surface area is 131 Å². The molecule has 0 N–H and O–H groups in total. The first-order valence-electron chi connectivity index (χ1n) is 7.17. The molecular weight excluding hydrogens is 288 g/mol. The van der Waals surface area contributed by atoms with Gasteiger partial charge in [0.1, 0.15) is 19.8 Å². The van der Waals surface area contributed by atoms with Crippen molar-refractivity contribution in [2.24, 2.45) is 5.41 Å². The Kier molecular flexibility index (Phi) is 9.58. The van der Waals surface area contributed by atoms with Crippen LogP contribution in [0.4, 0.5) is 0 Å². The highest BCUT2D eigenvalue weighted by Crippen LogP contribution is 2.24. The maximum Gasteiger partial charge on any atom is 0.330 e. The molecule has 0 aromatic rings. The summed E-state index contributed by atoms with van der Waals surface area (Å²) in [6.07, 6.45) is 3.55. The van der Waals surface area contributed by atoms with Gasteiger partial charge in [-0.25, -0.2) is 9.59 Å². The SMILES string of the molecule is C=CC(=O)OCC(CC)(COC(=O)C=C)COC(=O)CCC. The van der Waals surface area contributed by atoms with Crippen LogP contribution < -0.4 is 0 Å². The standard InChI is InChI=1S/C16H24O6/c1-5-9-15(19)22-12-16(8-4,10-20-13(17)6-2)11-21-14(18)7-3/h6-7H,2-3,5,8-12H2,1,4H3. The molecule has 0 heterocycles. The molecule has 6 heteroatoms. The van der Waals surface area contributed by atoms with Crippen LogP contribution in [0.15, 0.2) is 25.3 Å². The smallest absolute Gasteiger partial charge is 0.330 e. The van der Waals surface area contributed by atoms with Crippen LogP contribution in [0, 0.1) is 5.41 Å². The van der Waals surface area contributed by atoms with E-state index in [1.807, 2.05) is 13.8 Å². The summed E-state index contributed by atoms with van der Waals surface area (Å²) < 4.78 is 15.3. The Balaban J connectivity index is 4.84. The van der Waals surface area contributed by atoms with Crippen molar-refractivity contribution in [3.05, 3.63) is 25.3 Å². The zero-order valence-corrected chi connectivity index (χ0v) is 13.3. The molecule has 6 nitrogen and oxygen atoms in total. The van der Waals surface area contributed by atoms with E-state index in [-0.39, 0.29) is 25.8 Å². The molecule has 124 valence electrons. The summed E-state index contributed by atoms with van der Waals surface area (Å²) in [5.74, 6) is -1.52. The number of carbonyl (C=O) groups is 3. The number of hydrogen-bond acceptors (Lipinski definition) is 6. The molecule has 0 spiro atoms. The van der Waals surface area contributed by atoms with Crippen LogP contribution in [0.2, 0.25) is 0 Å². The molecule has 0 aromatic carbocycles. The minimum atomic E-state index is -0.791. The lowest BCUT2D eigenvalue weighted by Crippen LogP contribution is -2.38. The van der Waals surface area contributed by atoms with Crippen molar-refractivity contribution in [2.45, 2.75) is 33.1 Å². The fraction of sp³-hybridized carbons (Fsp3) is 0.562. The lowest BCUT2D eigenvalue weighted by atomic mass is 9.88. The predicted octanol–water partition coefficient (Wildman–Crippen LogP) is 2.18. The number of carbonyl (C=O) groups excluding carboxylic acids is 3. The lowest BCUT2D eigenvalue weighted by Gasteiger charge is -2.30. The first-order valence-corrected chi connectivity index (χ1v) is 7.17. The average Bonchev–Trinajstić information content (AvgIpc) is 2.54. The number of rotatable bonds is 11. The van der Waals surface area contributed by atoms with E-state index in [9.17, 15) is 14.4 Å². The summed E-state index contributed by atoms with van der Waals surface area (Å²) in [6, 6.07) is 0. The highest BCUT2D eigenvalue weighted by Gasteiger charge is 2.33. The average molecular weight is 312 g/mol. The van der Waals surface area contributed by atoms with Gasteiger partial charge in [0.15, 0.2) is 0 Å². The van der Waals surface area contributed by atoms with E-state index in [1.165, 1.54) is 0 Å². The molecule has 0 saturated heterocycles. The fourth-order valence-electron chi connectivity index (χ4n) is 1.51. The van der Waals surface area contributed by atoms with Gasteiger partial charge in [0.05, 0.1) is 5.41 Å². The third-order valence-electron chi connectivity index (χ3n) is 3.12. The first-order chi connectivity index (χ1) is 10.4. The van der Waals surface area contributed by atoms with Gasteiger partial charge in [0.2, 0.25) is 0 Å². The van der Waals surface area contributed by atoms with E-state index < -0.39 is 17.4 Å². The van der Waals surface area contributed by atoms with Gasteiger partial charge in [0.25, 0.3) is 0 Å². The normalized spacial score (nSPS) is 10.5.